The molecule has 0 aliphatic rings. The van der Waals surface area contributed by atoms with Gasteiger partial charge in [0.05, 0.1) is 3.57 Å². The van der Waals surface area contributed by atoms with Gasteiger partial charge in [0.1, 0.15) is 5.69 Å². The Kier molecular flexibility index (Phi) is 20.6. The van der Waals surface area contributed by atoms with Crippen molar-refractivity contribution in [2.75, 3.05) is 44.6 Å². The molecule has 260 valence electrons. The van der Waals surface area contributed by atoms with E-state index in [4.69, 9.17) is 0 Å². The van der Waals surface area contributed by atoms with E-state index < -0.39 is 28.6 Å². The minimum absolute atomic E-state index is 0.0575. The fraction of sp³-hybridized carbons (Fsp3) is 0.690. The Morgan fingerprint density at radius 3 is 1.41 bits per heavy atom. The van der Waals surface area contributed by atoms with Crippen LogP contribution in [0.3, 0.4) is 0 Å². The van der Waals surface area contributed by atoms with Crippen LogP contribution in [0.1, 0.15) is 90.4 Å². The maximum atomic E-state index is 12.1. The normalized spacial score (nSPS) is 10.8. The van der Waals surface area contributed by atoms with Crippen LogP contribution in [0, 0.1) is 3.57 Å². The lowest BCUT2D eigenvalue weighted by molar-refractivity contribution is -0.166. The highest BCUT2D eigenvalue weighted by molar-refractivity contribution is 14.1. The highest BCUT2D eigenvalue weighted by atomic mass is 127. The molecule has 0 spiro atoms. The van der Waals surface area contributed by atoms with Crippen LogP contribution in [0.15, 0.2) is 9.59 Å². The summed E-state index contributed by atoms with van der Waals surface area (Å²) in [5.74, 6) is -2.19. The SMILES string of the molecule is CC(=O)N(O)CCCCCNC(=O)CCC(=O)N(O)CCCCCNC(=O)CCC(=O)N(O)CCCCCNc1c(I)c(=O)c1=O. The first kappa shape index (κ1) is 40.9. The first-order chi connectivity index (χ1) is 21.8. The fourth-order valence-corrected chi connectivity index (χ4v) is 4.84. The molecule has 16 nitrogen and oxygen atoms in total. The number of nitrogens with one attached hydrogen (secondary N) is 3. The van der Waals surface area contributed by atoms with Crippen molar-refractivity contribution in [3.8, 4) is 0 Å². The Hall–Kier alpha value is -3.16. The third-order valence-corrected chi connectivity index (χ3v) is 8.04. The second kappa shape index (κ2) is 23.2. The lowest BCUT2D eigenvalue weighted by Crippen LogP contribution is -2.37. The van der Waals surface area contributed by atoms with E-state index in [0.717, 1.165) is 0 Å². The minimum atomic E-state index is -0.566. The lowest BCUT2D eigenvalue weighted by atomic mass is 10.2. The largest absolute Gasteiger partial charge is 0.381 e. The number of carbonyl (C=O) groups excluding carboxylic acids is 5. The number of rotatable bonds is 25. The Labute approximate surface area is 281 Å². The third kappa shape index (κ3) is 17.0. The number of hydrogen-bond donors (Lipinski definition) is 6. The number of nitrogens with zero attached hydrogens (tertiary/aromatic N) is 3. The average molecular weight is 767 g/mol. The molecule has 0 aromatic heterocycles. The molecule has 17 heteroatoms. The van der Waals surface area contributed by atoms with Crippen LogP contribution in [-0.4, -0.2) is 99.6 Å². The number of hydroxylamine groups is 6. The molecule has 0 aliphatic heterocycles. The zero-order chi connectivity index (χ0) is 34.5. The summed E-state index contributed by atoms with van der Waals surface area (Å²) in [5.41, 5.74) is -0.647. The van der Waals surface area contributed by atoms with Crippen molar-refractivity contribution in [3.63, 3.8) is 0 Å². The van der Waals surface area contributed by atoms with E-state index >= 15 is 0 Å². The van der Waals surface area contributed by atoms with Crippen molar-refractivity contribution in [2.24, 2.45) is 0 Å². The van der Waals surface area contributed by atoms with Gasteiger partial charge in [-0.1, -0.05) is 0 Å². The molecule has 0 unspecified atom stereocenters. The van der Waals surface area contributed by atoms with Gasteiger partial charge in [0.15, 0.2) is 0 Å². The Morgan fingerprint density at radius 2 is 1.00 bits per heavy atom. The van der Waals surface area contributed by atoms with Crippen molar-refractivity contribution in [3.05, 3.63) is 24.0 Å². The predicted octanol–water partition coefficient (Wildman–Crippen LogP) is 1.28. The topological polar surface area (TPSA) is 226 Å². The first-order valence-electron chi connectivity index (χ1n) is 15.6. The Bertz CT molecular complexity index is 1210. The summed E-state index contributed by atoms with van der Waals surface area (Å²) in [6.45, 7) is 2.96. The van der Waals surface area contributed by atoms with Gasteiger partial charge >= 0.3 is 0 Å². The molecular formula is C29H47IN6O10. The molecule has 0 bridgehead atoms. The number of halogens is 1. The van der Waals surface area contributed by atoms with Crippen molar-refractivity contribution in [1.82, 2.24) is 25.8 Å². The molecule has 0 radical (unpaired) electrons. The monoisotopic (exact) mass is 766 g/mol. The van der Waals surface area contributed by atoms with Crippen LogP contribution < -0.4 is 26.8 Å². The third-order valence-electron chi connectivity index (χ3n) is 7.01. The number of amides is 5. The quantitative estimate of drug-likeness (QED) is 0.0273. The summed E-state index contributed by atoms with van der Waals surface area (Å²) in [4.78, 5) is 81.4. The van der Waals surface area contributed by atoms with Crippen molar-refractivity contribution >= 4 is 57.8 Å². The van der Waals surface area contributed by atoms with E-state index in [2.05, 4.69) is 16.0 Å². The summed E-state index contributed by atoms with van der Waals surface area (Å²) < 4.78 is 0.405. The molecule has 1 aromatic rings. The summed E-state index contributed by atoms with van der Waals surface area (Å²) in [6.07, 6.45) is 5.16. The van der Waals surface area contributed by atoms with Gasteiger partial charge in [-0.3, -0.25) is 49.2 Å². The molecule has 0 fully saturated rings. The summed E-state index contributed by atoms with van der Waals surface area (Å²) >= 11 is 1.82. The second-order valence-electron chi connectivity index (χ2n) is 10.8. The predicted molar refractivity (Wildman–Crippen MR) is 175 cm³/mol. The average Bonchev–Trinajstić information content (AvgIpc) is 3.03. The maximum absolute atomic E-state index is 12.1. The van der Waals surface area contributed by atoms with Crippen LogP contribution >= 0.6 is 22.6 Å². The molecule has 5 amide bonds. The molecule has 0 aliphatic carbocycles. The number of hydrogen-bond acceptors (Lipinski definition) is 11. The van der Waals surface area contributed by atoms with Gasteiger partial charge < -0.3 is 16.0 Å². The van der Waals surface area contributed by atoms with E-state index in [-0.39, 0.29) is 57.1 Å². The molecule has 6 N–H and O–H groups in total. The van der Waals surface area contributed by atoms with Gasteiger partial charge in [0.25, 0.3) is 5.43 Å². The van der Waals surface area contributed by atoms with E-state index in [1.54, 1.807) is 0 Å². The summed E-state index contributed by atoms with van der Waals surface area (Å²) in [7, 11) is 0. The van der Waals surface area contributed by atoms with E-state index in [0.29, 0.717) is 102 Å². The number of unbranched alkanes of at least 4 members (excludes halogenated alkanes) is 6. The molecule has 1 rings (SSSR count). The van der Waals surface area contributed by atoms with Crippen LogP contribution in [-0.2, 0) is 24.0 Å². The van der Waals surface area contributed by atoms with Crippen LogP contribution in [0.4, 0.5) is 5.69 Å². The highest BCUT2D eigenvalue weighted by Crippen LogP contribution is 2.11. The molecule has 1 aromatic carbocycles. The second-order valence-corrected chi connectivity index (χ2v) is 11.9. The molecule has 0 atom stereocenters. The lowest BCUT2D eigenvalue weighted by Gasteiger charge is -2.15. The molecule has 0 saturated heterocycles. The van der Waals surface area contributed by atoms with E-state index in [1.807, 2.05) is 22.6 Å². The van der Waals surface area contributed by atoms with Gasteiger partial charge in [0, 0.05) is 71.9 Å². The minimum Gasteiger partial charge on any atom is -0.381 e. The fourth-order valence-electron chi connectivity index (χ4n) is 4.16. The summed E-state index contributed by atoms with van der Waals surface area (Å²) in [6, 6.07) is 0. The number of anilines is 1. The Balaban J connectivity index is 2.00. The van der Waals surface area contributed by atoms with Crippen LogP contribution in [0.2, 0.25) is 0 Å². The van der Waals surface area contributed by atoms with Gasteiger partial charge in [-0.15, -0.1) is 0 Å². The number of carbonyl (C=O) groups is 5. The van der Waals surface area contributed by atoms with Gasteiger partial charge in [-0.25, -0.2) is 15.2 Å². The zero-order valence-corrected chi connectivity index (χ0v) is 28.5. The summed E-state index contributed by atoms with van der Waals surface area (Å²) in [5, 5.41) is 39.2. The molecule has 0 heterocycles. The van der Waals surface area contributed by atoms with Crippen molar-refractivity contribution in [2.45, 2.75) is 90.4 Å². The molecule has 0 saturated carbocycles. The highest BCUT2D eigenvalue weighted by Gasteiger charge is 2.17. The van der Waals surface area contributed by atoms with Crippen LogP contribution in [0.5, 0.6) is 0 Å². The molecule has 46 heavy (non-hydrogen) atoms. The van der Waals surface area contributed by atoms with Gasteiger partial charge in [-0.2, -0.15) is 0 Å². The zero-order valence-electron chi connectivity index (χ0n) is 26.4. The first-order valence-corrected chi connectivity index (χ1v) is 16.6. The van der Waals surface area contributed by atoms with Crippen LogP contribution in [0.25, 0.3) is 0 Å². The van der Waals surface area contributed by atoms with Gasteiger partial charge in [-0.05, 0) is 80.4 Å². The van der Waals surface area contributed by atoms with Crippen molar-refractivity contribution < 1.29 is 39.6 Å². The standard InChI is InChI=1S/C29H47IN6O10/c1-21(37)34(44)18-8-2-5-15-31-22(38)11-13-24(40)35(45)19-9-3-6-16-32-23(39)12-14-25(41)36(46)20-10-4-7-17-33-27-26(30)28(42)29(27)43/h33,44-46H,2-20H2,1H3,(H,31,38)(H,32,39). The smallest absolute Gasteiger partial charge is 0.251 e. The Morgan fingerprint density at radius 1 is 0.587 bits per heavy atom. The van der Waals surface area contributed by atoms with Crippen molar-refractivity contribution in [1.29, 1.82) is 0 Å². The van der Waals surface area contributed by atoms with Gasteiger partial charge in [0.2, 0.25) is 35.0 Å². The maximum Gasteiger partial charge on any atom is 0.251 e. The van der Waals surface area contributed by atoms with E-state index in [1.165, 1.54) is 6.92 Å². The molecular weight excluding hydrogens is 719 g/mol. The van der Waals surface area contributed by atoms with E-state index in [9.17, 15) is 49.2 Å².